The number of halogens is 1. The van der Waals surface area contributed by atoms with E-state index in [4.69, 9.17) is 22.2 Å². The maximum Gasteiger partial charge on any atom is 0.0931 e. The Balaban J connectivity index is 1.94. The zero-order valence-electron chi connectivity index (χ0n) is 9.12. The van der Waals surface area contributed by atoms with Gasteiger partial charge in [-0.05, 0) is 37.3 Å². The summed E-state index contributed by atoms with van der Waals surface area (Å²) in [6.45, 7) is 1.70. The third-order valence-electron chi connectivity index (χ3n) is 3.03. The van der Waals surface area contributed by atoms with Gasteiger partial charge in [-0.15, -0.1) is 11.3 Å². The van der Waals surface area contributed by atoms with Gasteiger partial charge in [0.1, 0.15) is 0 Å². The van der Waals surface area contributed by atoms with E-state index in [0.29, 0.717) is 5.92 Å². The number of ether oxygens (including phenoxy) is 1. The molecule has 0 saturated carbocycles. The zero-order valence-corrected chi connectivity index (χ0v) is 10.7. The average molecular weight is 261 g/mol. The third-order valence-corrected chi connectivity index (χ3v) is 4.28. The number of nitrogens with one attached hydrogen (secondary N) is 1. The van der Waals surface area contributed by atoms with Crippen molar-refractivity contribution < 1.29 is 4.74 Å². The highest BCUT2D eigenvalue weighted by Crippen LogP contribution is 2.25. The molecule has 0 radical (unpaired) electrons. The fourth-order valence-corrected chi connectivity index (χ4v) is 3.27. The highest BCUT2D eigenvalue weighted by Gasteiger charge is 2.23. The third kappa shape index (κ3) is 3.18. The van der Waals surface area contributed by atoms with Crippen molar-refractivity contribution in [3.63, 3.8) is 0 Å². The minimum atomic E-state index is 0.287. The largest absolute Gasteiger partial charge is 0.381 e. The second kappa shape index (κ2) is 5.98. The van der Waals surface area contributed by atoms with Crippen molar-refractivity contribution in [1.29, 1.82) is 0 Å². The fraction of sp³-hybridized carbons (Fsp3) is 0.636. The molecule has 1 aromatic rings. The minimum absolute atomic E-state index is 0.287. The van der Waals surface area contributed by atoms with Crippen LogP contribution in [0.3, 0.4) is 0 Å². The second-order valence-corrected chi connectivity index (χ2v) is 5.96. The van der Waals surface area contributed by atoms with Crippen LogP contribution in [0.1, 0.15) is 17.7 Å². The Bertz CT molecular complexity index is 326. The standard InChI is InChI=1S/C11H17ClN2OS/c12-11-4-3-9(16-11)6-10(14-13)8-2-1-5-15-7-8/h3-4,8,10,14H,1-2,5-7,13H2. The molecular formula is C11H17ClN2OS. The molecular weight excluding hydrogens is 244 g/mol. The second-order valence-electron chi connectivity index (χ2n) is 4.16. The van der Waals surface area contributed by atoms with Gasteiger partial charge < -0.3 is 4.74 Å². The number of thiophene rings is 1. The average Bonchev–Trinajstić information content (AvgIpc) is 2.73. The molecule has 3 nitrogen and oxygen atoms in total. The van der Waals surface area contributed by atoms with Gasteiger partial charge in [0.05, 0.1) is 10.9 Å². The van der Waals surface area contributed by atoms with Crippen LogP contribution in [-0.2, 0) is 11.2 Å². The van der Waals surface area contributed by atoms with Crippen LogP contribution in [-0.4, -0.2) is 19.3 Å². The van der Waals surface area contributed by atoms with Gasteiger partial charge in [0.15, 0.2) is 0 Å². The predicted octanol–water partition coefficient (Wildman–Crippen LogP) is 2.20. The topological polar surface area (TPSA) is 47.3 Å². The Morgan fingerprint density at radius 1 is 1.62 bits per heavy atom. The summed E-state index contributed by atoms with van der Waals surface area (Å²) < 4.78 is 6.33. The van der Waals surface area contributed by atoms with Crippen LogP contribution in [0.4, 0.5) is 0 Å². The molecule has 0 spiro atoms. The van der Waals surface area contributed by atoms with Crippen LogP contribution in [0.2, 0.25) is 4.34 Å². The molecule has 90 valence electrons. The van der Waals surface area contributed by atoms with Crippen LogP contribution >= 0.6 is 22.9 Å². The summed E-state index contributed by atoms with van der Waals surface area (Å²) >= 11 is 7.54. The van der Waals surface area contributed by atoms with Gasteiger partial charge in [-0.25, -0.2) is 0 Å². The SMILES string of the molecule is NNC(Cc1ccc(Cl)s1)C1CCCOC1. The number of nitrogens with two attached hydrogens (primary N) is 1. The lowest BCUT2D eigenvalue weighted by Crippen LogP contribution is -2.45. The van der Waals surface area contributed by atoms with Crippen molar-refractivity contribution in [3.8, 4) is 0 Å². The number of rotatable bonds is 4. The molecule has 2 unspecified atom stereocenters. The Kier molecular flexibility index (Phi) is 4.61. The zero-order chi connectivity index (χ0) is 11.4. The number of hydrogen-bond donors (Lipinski definition) is 2. The molecule has 0 aliphatic carbocycles. The van der Waals surface area contributed by atoms with E-state index < -0.39 is 0 Å². The van der Waals surface area contributed by atoms with Gasteiger partial charge in [-0.3, -0.25) is 11.3 Å². The summed E-state index contributed by atoms with van der Waals surface area (Å²) in [5, 5.41) is 0. The van der Waals surface area contributed by atoms with Crippen molar-refractivity contribution >= 4 is 22.9 Å². The Morgan fingerprint density at radius 2 is 2.50 bits per heavy atom. The van der Waals surface area contributed by atoms with Crippen LogP contribution in [0.5, 0.6) is 0 Å². The minimum Gasteiger partial charge on any atom is -0.381 e. The van der Waals surface area contributed by atoms with Crippen molar-refractivity contribution in [2.45, 2.75) is 25.3 Å². The van der Waals surface area contributed by atoms with Crippen molar-refractivity contribution in [2.24, 2.45) is 11.8 Å². The first-order chi connectivity index (χ1) is 7.79. The van der Waals surface area contributed by atoms with Gasteiger partial charge in [0, 0.05) is 17.5 Å². The molecule has 2 rings (SSSR count). The molecule has 0 aromatic carbocycles. The maximum absolute atomic E-state index is 5.91. The van der Waals surface area contributed by atoms with Gasteiger partial charge in [-0.1, -0.05) is 11.6 Å². The molecule has 5 heteroatoms. The Morgan fingerprint density at radius 3 is 3.06 bits per heavy atom. The monoisotopic (exact) mass is 260 g/mol. The summed E-state index contributed by atoms with van der Waals surface area (Å²) in [6.07, 6.45) is 3.25. The Labute approximate surface area is 105 Å². The summed E-state index contributed by atoms with van der Waals surface area (Å²) in [6, 6.07) is 4.29. The van der Waals surface area contributed by atoms with Crippen molar-refractivity contribution in [2.75, 3.05) is 13.2 Å². The molecule has 1 aromatic heterocycles. The quantitative estimate of drug-likeness (QED) is 0.645. The summed E-state index contributed by atoms with van der Waals surface area (Å²) in [4.78, 5) is 1.28. The van der Waals surface area contributed by atoms with E-state index in [1.807, 2.05) is 6.07 Å². The molecule has 3 N–H and O–H groups in total. The van der Waals surface area contributed by atoms with E-state index in [1.54, 1.807) is 11.3 Å². The van der Waals surface area contributed by atoms with Gasteiger partial charge in [0.2, 0.25) is 0 Å². The molecule has 1 fully saturated rings. The van der Waals surface area contributed by atoms with Crippen LogP contribution in [0.15, 0.2) is 12.1 Å². The summed E-state index contributed by atoms with van der Waals surface area (Å²) in [5.41, 5.74) is 2.91. The molecule has 1 saturated heterocycles. The van der Waals surface area contributed by atoms with Crippen LogP contribution in [0, 0.1) is 5.92 Å². The lowest BCUT2D eigenvalue weighted by atomic mass is 9.91. The molecule has 0 amide bonds. The first-order valence-corrected chi connectivity index (χ1v) is 6.77. The van der Waals surface area contributed by atoms with E-state index >= 15 is 0 Å². The molecule has 2 atom stereocenters. The first kappa shape index (κ1) is 12.3. The molecule has 2 heterocycles. The first-order valence-electron chi connectivity index (χ1n) is 5.57. The van der Waals surface area contributed by atoms with Crippen molar-refractivity contribution in [3.05, 3.63) is 21.3 Å². The van der Waals surface area contributed by atoms with E-state index in [1.165, 1.54) is 11.3 Å². The summed E-state index contributed by atoms with van der Waals surface area (Å²) in [7, 11) is 0. The van der Waals surface area contributed by atoms with Gasteiger partial charge in [0.25, 0.3) is 0 Å². The molecule has 16 heavy (non-hydrogen) atoms. The number of hydrazine groups is 1. The van der Waals surface area contributed by atoms with E-state index in [0.717, 1.165) is 30.4 Å². The summed E-state index contributed by atoms with van der Waals surface area (Å²) in [5.74, 6) is 6.14. The van der Waals surface area contributed by atoms with Crippen LogP contribution in [0.25, 0.3) is 0 Å². The normalized spacial score (nSPS) is 23.2. The molecule has 1 aliphatic rings. The highest BCUT2D eigenvalue weighted by atomic mass is 35.5. The molecule has 1 aliphatic heterocycles. The molecule has 0 bridgehead atoms. The van der Waals surface area contributed by atoms with E-state index in [2.05, 4.69) is 11.5 Å². The fourth-order valence-electron chi connectivity index (χ4n) is 2.12. The Hall–Kier alpha value is -0.130. The lowest BCUT2D eigenvalue weighted by molar-refractivity contribution is 0.0394. The van der Waals surface area contributed by atoms with E-state index in [-0.39, 0.29) is 6.04 Å². The van der Waals surface area contributed by atoms with Crippen molar-refractivity contribution in [1.82, 2.24) is 5.43 Å². The lowest BCUT2D eigenvalue weighted by Gasteiger charge is -2.29. The van der Waals surface area contributed by atoms with Gasteiger partial charge in [-0.2, -0.15) is 0 Å². The maximum atomic E-state index is 5.91. The van der Waals surface area contributed by atoms with Crippen LogP contribution < -0.4 is 11.3 Å². The number of hydrogen-bond acceptors (Lipinski definition) is 4. The highest BCUT2D eigenvalue weighted by molar-refractivity contribution is 7.16. The van der Waals surface area contributed by atoms with Gasteiger partial charge >= 0.3 is 0 Å². The predicted molar refractivity (Wildman–Crippen MR) is 67.7 cm³/mol. The van der Waals surface area contributed by atoms with E-state index in [9.17, 15) is 0 Å². The smallest absolute Gasteiger partial charge is 0.0931 e.